The summed E-state index contributed by atoms with van der Waals surface area (Å²) in [5, 5.41) is 20.9. The zero-order valence-electron chi connectivity index (χ0n) is 15.3. The molecule has 1 fully saturated rings. The lowest BCUT2D eigenvalue weighted by Gasteiger charge is -2.52. The lowest BCUT2D eigenvalue weighted by Crippen LogP contribution is -2.50. The smallest absolute Gasteiger partial charge is 0.125 e. The maximum Gasteiger partial charge on any atom is 0.125 e. The number of aromatic hydroxyl groups is 1. The Balaban J connectivity index is 1.79. The summed E-state index contributed by atoms with van der Waals surface area (Å²) in [4.78, 5) is 0. The molecule has 3 atom stereocenters. The number of hydrogen-bond acceptors (Lipinski definition) is 2. The first-order valence-electron chi connectivity index (χ1n) is 9.57. The number of benzene rings is 2. The Kier molecular flexibility index (Phi) is 4.29. The van der Waals surface area contributed by atoms with Gasteiger partial charge in [-0.05, 0) is 80.2 Å². The van der Waals surface area contributed by atoms with Gasteiger partial charge >= 0.3 is 0 Å². The second kappa shape index (κ2) is 6.49. The molecule has 134 valence electrons. The lowest BCUT2D eigenvalue weighted by molar-refractivity contribution is -0.00804. The molecule has 2 aromatic rings. The highest BCUT2D eigenvalue weighted by molar-refractivity contribution is 5.45. The van der Waals surface area contributed by atoms with Gasteiger partial charge in [-0.25, -0.2) is 0 Å². The van der Waals surface area contributed by atoms with Gasteiger partial charge in [-0.2, -0.15) is 0 Å². The Bertz CT molecular complexity index is 861. The molecule has 0 aromatic heterocycles. The van der Waals surface area contributed by atoms with Gasteiger partial charge in [0.2, 0.25) is 0 Å². The molecule has 0 aliphatic heterocycles. The van der Waals surface area contributed by atoms with Gasteiger partial charge in [0.15, 0.2) is 0 Å². The second-order valence-corrected chi connectivity index (χ2v) is 8.01. The molecule has 2 nitrogen and oxygen atoms in total. The van der Waals surface area contributed by atoms with Gasteiger partial charge in [-0.1, -0.05) is 42.3 Å². The summed E-state index contributed by atoms with van der Waals surface area (Å²) in [7, 11) is 0. The van der Waals surface area contributed by atoms with Gasteiger partial charge in [-0.15, -0.1) is 5.92 Å². The van der Waals surface area contributed by atoms with Crippen molar-refractivity contribution >= 4 is 0 Å². The van der Waals surface area contributed by atoms with Gasteiger partial charge in [0.05, 0.1) is 0 Å². The van der Waals surface area contributed by atoms with Gasteiger partial charge in [0, 0.05) is 5.41 Å². The average Bonchev–Trinajstić information content (AvgIpc) is 2.63. The van der Waals surface area contributed by atoms with E-state index in [9.17, 15) is 10.2 Å². The van der Waals surface area contributed by atoms with Crippen LogP contribution in [0, 0.1) is 17.8 Å². The summed E-state index contributed by atoms with van der Waals surface area (Å²) >= 11 is 0. The highest BCUT2D eigenvalue weighted by Crippen LogP contribution is 2.54. The Labute approximate surface area is 155 Å². The van der Waals surface area contributed by atoms with E-state index in [1.807, 2.05) is 19.1 Å². The third-order valence-corrected chi connectivity index (χ3v) is 6.46. The Morgan fingerprint density at radius 3 is 2.69 bits per heavy atom. The van der Waals surface area contributed by atoms with Crippen molar-refractivity contribution in [2.75, 3.05) is 0 Å². The lowest BCUT2D eigenvalue weighted by atomic mass is 9.52. The van der Waals surface area contributed by atoms with Crippen LogP contribution in [0.4, 0.5) is 0 Å². The van der Waals surface area contributed by atoms with Gasteiger partial charge < -0.3 is 10.2 Å². The van der Waals surface area contributed by atoms with E-state index >= 15 is 0 Å². The molecular weight excluding hydrogens is 320 g/mol. The van der Waals surface area contributed by atoms with Crippen LogP contribution in [0.1, 0.15) is 49.3 Å². The normalized spacial score (nSPS) is 29.8. The van der Waals surface area contributed by atoms with E-state index in [0.717, 1.165) is 32.1 Å². The molecule has 0 radical (unpaired) electrons. The molecule has 0 amide bonds. The fourth-order valence-electron chi connectivity index (χ4n) is 5.31. The molecule has 2 N–H and O–H groups in total. The molecule has 0 unspecified atom stereocenters. The van der Waals surface area contributed by atoms with E-state index in [1.54, 1.807) is 0 Å². The molecule has 1 saturated carbocycles. The van der Waals surface area contributed by atoms with E-state index in [0.29, 0.717) is 18.1 Å². The molecule has 26 heavy (non-hydrogen) atoms. The number of rotatable bonds is 2. The molecule has 2 aliphatic rings. The summed E-state index contributed by atoms with van der Waals surface area (Å²) in [6.07, 6.45) is 5.34. The van der Waals surface area contributed by atoms with Crippen molar-refractivity contribution in [3.8, 4) is 17.6 Å². The van der Waals surface area contributed by atoms with Gasteiger partial charge in [-0.3, -0.25) is 0 Å². The number of fused-ring (bicyclic) bond motifs is 3. The summed E-state index contributed by atoms with van der Waals surface area (Å²) in [6.45, 7) is 1.81. The number of phenols is 1. The van der Waals surface area contributed by atoms with Crippen LogP contribution in [0.15, 0.2) is 48.5 Å². The predicted octanol–water partition coefficient (Wildman–Crippen LogP) is 4.37. The predicted molar refractivity (Wildman–Crippen MR) is 104 cm³/mol. The van der Waals surface area contributed by atoms with E-state index in [2.05, 4.69) is 48.2 Å². The van der Waals surface area contributed by atoms with Crippen molar-refractivity contribution in [2.45, 2.75) is 56.5 Å². The molecule has 0 bridgehead atoms. The van der Waals surface area contributed by atoms with E-state index < -0.39 is 5.60 Å². The second-order valence-electron chi connectivity index (χ2n) is 8.01. The zero-order valence-corrected chi connectivity index (χ0v) is 15.3. The molecule has 0 heterocycles. The first-order chi connectivity index (χ1) is 12.5. The molecule has 2 heteroatoms. The van der Waals surface area contributed by atoms with E-state index in [4.69, 9.17) is 0 Å². The van der Waals surface area contributed by atoms with Crippen molar-refractivity contribution in [3.63, 3.8) is 0 Å². The van der Waals surface area contributed by atoms with Crippen molar-refractivity contribution in [2.24, 2.45) is 5.92 Å². The minimum atomic E-state index is -0.853. The maximum atomic E-state index is 11.0. The van der Waals surface area contributed by atoms with Crippen LogP contribution in [0.3, 0.4) is 0 Å². The highest BCUT2D eigenvalue weighted by atomic mass is 16.3. The van der Waals surface area contributed by atoms with Gasteiger partial charge in [0.25, 0.3) is 0 Å². The van der Waals surface area contributed by atoms with Crippen LogP contribution in [-0.4, -0.2) is 15.8 Å². The van der Waals surface area contributed by atoms with Crippen molar-refractivity contribution in [1.82, 2.24) is 0 Å². The molecule has 2 aliphatic carbocycles. The minimum Gasteiger partial charge on any atom is -0.508 e. The molecule has 0 spiro atoms. The highest BCUT2D eigenvalue weighted by Gasteiger charge is 2.51. The van der Waals surface area contributed by atoms with Crippen LogP contribution >= 0.6 is 0 Å². The largest absolute Gasteiger partial charge is 0.508 e. The first-order valence-corrected chi connectivity index (χ1v) is 9.57. The monoisotopic (exact) mass is 346 g/mol. The summed E-state index contributed by atoms with van der Waals surface area (Å²) in [5.74, 6) is 6.75. The third-order valence-electron chi connectivity index (χ3n) is 6.46. The quantitative estimate of drug-likeness (QED) is 0.793. The number of aliphatic hydroxyl groups is 1. The van der Waals surface area contributed by atoms with Crippen molar-refractivity contribution in [3.05, 3.63) is 65.2 Å². The average molecular weight is 346 g/mol. The van der Waals surface area contributed by atoms with Crippen LogP contribution in [0.5, 0.6) is 5.75 Å². The summed E-state index contributed by atoms with van der Waals surface area (Å²) in [6, 6.07) is 16.5. The van der Waals surface area contributed by atoms with Crippen LogP contribution in [-0.2, 0) is 18.3 Å². The molecule has 0 saturated heterocycles. The van der Waals surface area contributed by atoms with Crippen LogP contribution < -0.4 is 0 Å². The zero-order chi connectivity index (χ0) is 18.2. The van der Waals surface area contributed by atoms with Crippen LogP contribution in [0.25, 0.3) is 0 Å². The minimum absolute atomic E-state index is 0.0181. The SMILES string of the molecule is CC#C[C@]1(O)CC[C@@]2(Cc3ccccc3)c3ccc(O)cc3CC[C@H]2C1. The topological polar surface area (TPSA) is 40.5 Å². The molecule has 4 rings (SSSR count). The maximum absolute atomic E-state index is 11.0. The fraction of sp³-hybridized carbons (Fsp3) is 0.417. The molecular formula is C24H26O2. The van der Waals surface area contributed by atoms with Crippen molar-refractivity contribution < 1.29 is 10.2 Å². The number of hydrogen-bond donors (Lipinski definition) is 2. The Morgan fingerprint density at radius 2 is 1.92 bits per heavy atom. The van der Waals surface area contributed by atoms with E-state index in [-0.39, 0.29) is 5.41 Å². The Hall–Kier alpha value is -2.24. The summed E-state index contributed by atoms with van der Waals surface area (Å²) in [5.41, 5.74) is 3.13. The standard InChI is InChI=1S/C24H26O2/c1-2-12-23(26)13-14-24(16-18-6-4-3-5-7-18)20(17-23)9-8-19-15-21(25)10-11-22(19)24/h3-7,10-11,15,20,25-26H,8-9,13-14,16-17H2,1H3/t20-,23-,24-/m0/s1. The molecule has 2 aromatic carbocycles. The van der Waals surface area contributed by atoms with E-state index in [1.165, 1.54) is 16.7 Å². The summed E-state index contributed by atoms with van der Waals surface area (Å²) < 4.78 is 0. The number of phenolic OH excluding ortho intramolecular Hbond substituents is 1. The fourth-order valence-corrected chi connectivity index (χ4v) is 5.31. The number of aryl methyl sites for hydroxylation is 1. The first kappa shape index (κ1) is 17.2. The van der Waals surface area contributed by atoms with Crippen molar-refractivity contribution in [1.29, 1.82) is 0 Å². The third kappa shape index (κ3) is 2.91. The Morgan fingerprint density at radius 1 is 1.12 bits per heavy atom. The van der Waals surface area contributed by atoms with Gasteiger partial charge in [0.1, 0.15) is 11.4 Å². The van der Waals surface area contributed by atoms with Crippen LogP contribution in [0.2, 0.25) is 0 Å².